The summed E-state index contributed by atoms with van der Waals surface area (Å²) in [5.74, 6) is 0.273. The van der Waals surface area contributed by atoms with Crippen LogP contribution in [0.15, 0.2) is 55.1 Å². The monoisotopic (exact) mass is 344 g/mol. The molecule has 0 fully saturated rings. The maximum atomic E-state index is 12.0. The van der Waals surface area contributed by atoms with Gasteiger partial charge < -0.3 is 15.2 Å². The van der Waals surface area contributed by atoms with Crippen molar-refractivity contribution in [3.8, 4) is 17.2 Å². The van der Waals surface area contributed by atoms with E-state index in [1.165, 1.54) is 24.8 Å². The quantitative estimate of drug-likeness (QED) is 0.694. The van der Waals surface area contributed by atoms with Gasteiger partial charge in [0.15, 0.2) is 6.61 Å². The second kappa shape index (κ2) is 7.01. The molecule has 0 aliphatic rings. The van der Waals surface area contributed by atoms with Gasteiger partial charge in [0.2, 0.25) is 0 Å². The van der Waals surface area contributed by atoms with Crippen molar-refractivity contribution in [1.82, 2.24) is 14.8 Å². The van der Waals surface area contributed by atoms with Gasteiger partial charge in [-0.05, 0) is 42.5 Å². The lowest BCUT2D eigenvalue weighted by atomic mass is 10.3. The van der Waals surface area contributed by atoms with Crippen LogP contribution < -0.4 is 10.1 Å². The maximum Gasteiger partial charge on any atom is 0.262 e. The second-order valence-electron chi connectivity index (χ2n) is 4.86. The van der Waals surface area contributed by atoms with E-state index in [2.05, 4.69) is 15.5 Å². The third-order valence-corrected chi connectivity index (χ3v) is 3.36. The minimum absolute atomic E-state index is 0.129. The Balaban J connectivity index is 1.68. The highest BCUT2D eigenvalue weighted by Gasteiger charge is 2.10. The zero-order valence-corrected chi connectivity index (χ0v) is 13.1. The first-order chi connectivity index (χ1) is 11.6. The van der Waals surface area contributed by atoms with E-state index in [-0.39, 0.29) is 18.3 Å². The summed E-state index contributed by atoms with van der Waals surface area (Å²) in [4.78, 5) is 12.0. The number of anilines is 1. The van der Waals surface area contributed by atoms with Crippen LogP contribution in [0.2, 0.25) is 5.02 Å². The third-order valence-electron chi connectivity index (χ3n) is 3.13. The van der Waals surface area contributed by atoms with Crippen molar-refractivity contribution in [3.63, 3.8) is 0 Å². The van der Waals surface area contributed by atoms with Gasteiger partial charge in [0.05, 0.1) is 5.69 Å². The number of rotatable bonds is 5. The lowest BCUT2D eigenvalue weighted by Crippen LogP contribution is -2.20. The number of ether oxygens (including phenoxy) is 1. The molecule has 0 bridgehead atoms. The normalized spacial score (nSPS) is 10.4. The summed E-state index contributed by atoms with van der Waals surface area (Å²) in [6.45, 7) is -0.183. The Labute approximate surface area is 142 Å². The molecule has 7 nitrogen and oxygen atoms in total. The number of nitrogens with zero attached hydrogens (tertiary/aromatic N) is 3. The summed E-state index contributed by atoms with van der Waals surface area (Å²) < 4.78 is 7.22. The van der Waals surface area contributed by atoms with Crippen molar-refractivity contribution in [2.75, 3.05) is 11.9 Å². The Morgan fingerprint density at radius 1 is 1.17 bits per heavy atom. The molecule has 0 atom stereocenters. The summed E-state index contributed by atoms with van der Waals surface area (Å²) in [7, 11) is 0. The maximum absolute atomic E-state index is 12.0. The first kappa shape index (κ1) is 15.8. The minimum atomic E-state index is -0.328. The van der Waals surface area contributed by atoms with E-state index in [1.807, 2.05) is 0 Å². The highest BCUT2D eigenvalue weighted by Crippen LogP contribution is 2.26. The largest absolute Gasteiger partial charge is 0.508 e. The Morgan fingerprint density at radius 2 is 1.88 bits per heavy atom. The highest BCUT2D eigenvalue weighted by molar-refractivity contribution is 6.30. The lowest BCUT2D eigenvalue weighted by molar-refractivity contribution is -0.118. The number of benzene rings is 2. The van der Waals surface area contributed by atoms with Crippen LogP contribution in [0.3, 0.4) is 0 Å². The number of phenolic OH excluding ortho intramolecular Hbond substituents is 1. The molecule has 8 heteroatoms. The number of nitrogens with one attached hydrogen (secondary N) is 1. The van der Waals surface area contributed by atoms with Gasteiger partial charge in [0.1, 0.15) is 24.2 Å². The number of aromatic hydroxyl groups is 1. The van der Waals surface area contributed by atoms with Gasteiger partial charge in [-0.3, -0.25) is 9.36 Å². The van der Waals surface area contributed by atoms with Gasteiger partial charge in [-0.2, -0.15) is 0 Å². The first-order valence-electron chi connectivity index (χ1n) is 6.98. The van der Waals surface area contributed by atoms with Crippen molar-refractivity contribution in [3.05, 3.63) is 60.1 Å². The topological polar surface area (TPSA) is 89.3 Å². The van der Waals surface area contributed by atoms with Crippen LogP contribution in [0.5, 0.6) is 11.5 Å². The van der Waals surface area contributed by atoms with E-state index in [9.17, 15) is 9.90 Å². The van der Waals surface area contributed by atoms with E-state index in [4.69, 9.17) is 16.3 Å². The summed E-state index contributed by atoms with van der Waals surface area (Å²) in [6, 6.07) is 11.2. The van der Waals surface area contributed by atoms with Crippen molar-refractivity contribution < 1.29 is 14.6 Å². The molecule has 1 aromatic heterocycles. The molecule has 24 heavy (non-hydrogen) atoms. The number of hydrogen-bond donors (Lipinski definition) is 2. The van der Waals surface area contributed by atoms with Gasteiger partial charge in [-0.15, -0.1) is 10.2 Å². The van der Waals surface area contributed by atoms with Gasteiger partial charge in [-0.1, -0.05) is 11.6 Å². The molecule has 0 radical (unpaired) electrons. The predicted octanol–water partition coefficient (Wildman–Crippen LogP) is 2.64. The molecule has 0 saturated carbocycles. The standard InChI is InChI=1S/C16H13ClN4O3/c17-11-1-6-15(14(7-11)21-9-18-19-10-21)24-8-16(23)20-12-2-4-13(22)5-3-12/h1-7,9-10,22H,8H2,(H,20,23). The Morgan fingerprint density at radius 3 is 2.58 bits per heavy atom. The number of halogens is 1. The molecule has 0 unspecified atom stereocenters. The van der Waals surface area contributed by atoms with E-state index >= 15 is 0 Å². The van der Waals surface area contributed by atoms with Crippen LogP contribution in [0, 0.1) is 0 Å². The van der Waals surface area contributed by atoms with Crippen LogP contribution >= 0.6 is 11.6 Å². The van der Waals surface area contributed by atoms with E-state index in [0.717, 1.165) is 0 Å². The minimum Gasteiger partial charge on any atom is -0.508 e. The lowest BCUT2D eigenvalue weighted by Gasteiger charge is -2.12. The molecule has 1 amide bonds. The van der Waals surface area contributed by atoms with E-state index in [1.54, 1.807) is 34.9 Å². The molecule has 3 rings (SSSR count). The molecule has 2 aromatic carbocycles. The fraction of sp³-hybridized carbons (Fsp3) is 0.0625. The number of carbonyl (C=O) groups is 1. The molecular formula is C16H13ClN4O3. The SMILES string of the molecule is O=C(COc1ccc(Cl)cc1-n1cnnc1)Nc1ccc(O)cc1. The van der Waals surface area contributed by atoms with Crippen molar-refractivity contribution in [2.45, 2.75) is 0 Å². The zero-order valence-electron chi connectivity index (χ0n) is 12.4. The van der Waals surface area contributed by atoms with Gasteiger partial charge >= 0.3 is 0 Å². The Hall–Kier alpha value is -3.06. The van der Waals surface area contributed by atoms with Gasteiger partial charge in [0, 0.05) is 10.7 Å². The Bertz CT molecular complexity index is 835. The van der Waals surface area contributed by atoms with Crippen molar-refractivity contribution in [1.29, 1.82) is 0 Å². The summed E-state index contributed by atoms with van der Waals surface area (Å²) in [6.07, 6.45) is 3.02. The van der Waals surface area contributed by atoms with E-state index < -0.39 is 0 Å². The molecular weight excluding hydrogens is 332 g/mol. The first-order valence-corrected chi connectivity index (χ1v) is 7.36. The predicted molar refractivity (Wildman–Crippen MR) is 88.6 cm³/mol. The third kappa shape index (κ3) is 3.82. The van der Waals surface area contributed by atoms with Crippen LogP contribution in [0.1, 0.15) is 0 Å². The summed E-state index contributed by atoms with van der Waals surface area (Å²) >= 11 is 6.01. The highest BCUT2D eigenvalue weighted by atomic mass is 35.5. The number of carbonyl (C=O) groups excluding carboxylic acids is 1. The second-order valence-corrected chi connectivity index (χ2v) is 5.30. The zero-order chi connectivity index (χ0) is 16.9. The Kier molecular flexibility index (Phi) is 4.62. The molecule has 0 aliphatic carbocycles. The average molecular weight is 345 g/mol. The molecule has 0 spiro atoms. The average Bonchev–Trinajstić information content (AvgIpc) is 3.10. The number of aromatic nitrogens is 3. The molecule has 0 saturated heterocycles. The molecule has 3 aromatic rings. The van der Waals surface area contributed by atoms with Gasteiger partial charge in [0.25, 0.3) is 5.91 Å². The van der Waals surface area contributed by atoms with Gasteiger partial charge in [-0.25, -0.2) is 0 Å². The molecule has 0 aliphatic heterocycles. The molecule has 2 N–H and O–H groups in total. The summed E-state index contributed by atoms with van der Waals surface area (Å²) in [5.41, 5.74) is 1.20. The van der Waals surface area contributed by atoms with Crippen molar-refractivity contribution in [2.24, 2.45) is 0 Å². The molecule has 1 heterocycles. The fourth-order valence-electron chi connectivity index (χ4n) is 2.02. The number of phenols is 1. The number of hydrogen-bond acceptors (Lipinski definition) is 5. The molecule has 122 valence electrons. The number of amides is 1. The fourth-order valence-corrected chi connectivity index (χ4v) is 2.19. The smallest absolute Gasteiger partial charge is 0.262 e. The van der Waals surface area contributed by atoms with Crippen LogP contribution in [0.25, 0.3) is 5.69 Å². The van der Waals surface area contributed by atoms with Crippen LogP contribution in [0.4, 0.5) is 5.69 Å². The van der Waals surface area contributed by atoms with Crippen molar-refractivity contribution >= 4 is 23.2 Å². The van der Waals surface area contributed by atoms with E-state index in [0.29, 0.717) is 22.1 Å². The summed E-state index contributed by atoms with van der Waals surface area (Å²) in [5, 5.41) is 19.9. The van der Waals surface area contributed by atoms with Crippen LogP contribution in [-0.2, 0) is 4.79 Å². The van der Waals surface area contributed by atoms with Crippen LogP contribution in [-0.4, -0.2) is 32.4 Å².